The smallest absolute Gasteiger partial charge is 0.336 e. The second-order valence-electron chi connectivity index (χ2n) is 8.30. The lowest BCUT2D eigenvalue weighted by Gasteiger charge is -2.11. The van der Waals surface area contributed by atoms with Gasteiger partial charge in [-0.15, -0.1) is 5.10 Å². The van der Waals surface area contributed by atoms with Gasteiger partial charge in [-0.2, -0.15) is 10.4 Å². The van der Waals surface area contributed by atoms with Gasteiger partial charge in [-0.1, -0.05) is 11.3 Å². The van der Waals surface area contributed by atoms with E-state index in [1.165, 1.54) is 29.1 Å². The van der Waals surface area contributed by atoms with Gasteiger partial charge in [0.2, 0.25) is 0 Å². The number of aromatic carboxylic acids is 1. The summed E-state index contributed by atoms with van der Waals surface area (Å²) in [5.74, 6) is -1.75. The molecule has 3 aromatic carbocycles. The molecule has 0 aliphatic rings. The van der Waals surface area contributed by atoms with E-state index in [-0.39, 0.29) is 28.9 Å². The van der Waals surface area contributed by atoms with Gasteiger partial charge in [-0.25, -0.2) is 18.7 Å². The number of rotatable bonds is 5. The third kappa shape index (κ3) is 3.71. The highest BCUT2D eigenvalue weighted by atomic mass is 19.1. The first-order valence-electron chi connectivity index (χ1n) is 11.0. The minimum absolute atomic E-state index is 0.0115. The number of imidazole rings is 1. The summed E-state index contributed by atoms with van der Waals surface area (Å²) in [7, 11) is 0. The predicted molar refractivity (Wildman–Crippen MR) is 130 cm³/mol. The SMILES string of the molecule is N#Cc1ccc(Cn2nccc2-c2cc(F)c3nnn(-c4ccc5[nH]c(=O)[nH]c5c4)c3c2)c(C(=O)O)c1. The average Bonchev–Trinajstić information content (AvgIpc) is 3.61. The molecule has 6 aromatic rings. The van der Waals surface area contributed by atoms with Crippen LogP contribution in [0.5, 0.6) is 0 Å². The van der Waals surface area contributed by atoms with Crippen molar-refractivity contribution in [2.24, 2.45) is 0 Å². The maximum atomic E-state index is 15.1. The summed E-state index contributed by atoms with van der Waals surface area (Å²) >= 11 is 0. The van der Waals surface area contributed by atoms with E-state index >= 15 is 4.39 Å². The molecule has 3 N–H and O–H groups in total. The molecule has 0 fully saturated rings. The Morgan fingerprint density at radius 3 is 2.73 bits per heavy atom. The van der Waals surface area contributed by atoms with Crippen molar-refractivity contribution < 1.29 is 14.3 Å². The molecule has 0 bridgehead atoms. The Hall–Kier alpha value is -5.57. The normalized spacial score (nSPS) is 11.2. The minimum Gasteiger partial charge on any atom is -0.478 e. The predicted octanol–water partition coefficient (Wildman–Crippen LogP) is 3.21. The highest BCUT2D eigenvalue weighted by Gasteiger charge is 2.18. The zero-order valence-corrected chi connectivity index (χ0v) is 18.8. The van der Waals surface area contributed by atoms with E-state index in [1.54, 1.807) is 41.1 Å². The summed E-state index contributed by atoms with van der Waals surface area (Å²) in [6.07, 6.45) is 1.53. The molecule has 0 radical (unpaired) electrons. The van der Waals surface area contributed by atoms with Crippen molar-refractivity contribution in [2.75, 3.05) is 0 Å². The van der Waals surface area contributed by atoms with Crippen LogP contribution in [0.1, 0.15) is 21.5 Å². The van der Waals surface area contributed by atoms with Crippen molar-refractivity contribution in [3.63, 3.8) is 0 Å². The first-order chi connectivity index (χ1) is 17.9. The van der Waals surface area contributed by atoms with E-state index < -0.39 is 11.8 Å². The van der Waals surface area contributed by atoms with Crippen molar-refractivity contribution in [3.8, 4) is 23.0 Å². The Labute approximate surface area is 206 Å². The fraction of sp³-hybridized carbons (Fsp3) is 0.0400. The molecular formula is C25H15FN8O3. The van der Waals surface area contributed by atoms with Gasteiger partial charge in [0.1, 0.15) is 5.52 Å². The first kappa shape index (κ1) is 21.9. The number of fused-ring (bicyclic) bond motifs is 2. The summed E-state index contributed by atoms with van der Waals surface area (Å²) in [6, 6.07) is 16.2. The van der Waals surface area contributed by atoms with E-state index in [2.05, 4.69) is 25.4 Å². The summed E-state index contributed by atoms with van der Waals surface area (Å²) in [5, 5.41) is 31.1. The van der Waals surface area contributed by atoms with E-state index in [0.717, 1.165) is 0 Å². The number of aromatic amines is 2. The lowest BCUT2D eigenvalue weighted by Crippen LogP contribution is -2.10. The van der Waals surface area contributed by atoms with Crippen molar-refractivity contribution >= 4 is 28.0 Å². The molecular weight excluding hydrogens is 479 g/mol. The number of nitrogens with zero attached hydrogens (tertiary/aromatic N) is 6. The molecule has 12 heteroatoms. The second kappa shape index (κ2) is 8.28. The topological polar surface area (TPSA) is 158 Å². The molecule has 3 aromatic heterocycles. The summed E-state index contributed by atoms with van der Waals surface area (Å²) < 4.78 is 18.2. The highest BCUT2D eigenvalue weighted by molar-refractivity contribution is 5.90. The largest absolute Gasteiger partial charge is 0.478 e. The van der Waals surface area contributed by atoms with Crippen LogP contribution in [0, 0.1) is 17.1 Å². The monoisotopic (exact) mass is 494 g/mol. The van der Waals surface area contributed by atoms with Crippen LogP contribution in [0.25, 0.3) is 39.0 Å². The van der Waals surface area contributed by atoms with Gasteiger partial charge in [-0.05, 0) is 54.1 Å². The minimum atomic E-state index is -1.16. The van der Waals surface area contributed by atoms with Crippen LogP contribution < -0.4 is 5.69 Å². The number of hydrogen-bond donors (Lipinski definition) is 3. The summed E-state index contributed by atoms with van der Waals surface area (Å²) in [6.45, 7) is 0.0877. The number of H-pyrrole nitrogens is 2. The molecule has 0 aliphatic carbocycles. The van der Waals surface area contributed by atoms with Gasteiger partial charge in [0.05, 0.1) is 51.7 Å². The Morgan fingerprint density at radius 1 is 1.08 bits per heavy atom. The van der Waals surface area contributed by atoms with Crippen molar-refractivity contribution in [1.29, 1.82) is 5.26 Å². The third-order valence-corrected chi connectivity index (χ3v) is 6.05. The number of carboxylic acid groups (broad SMARTS) is 1. The first-order valence-corrected chi connectivity index (χ1v) is 11.0. The zero-order chi connectivity index (χ0) is 25.7. The molecule has 3 heterocycles. The molecule has 0 aliphatic heterocycles. The molecule has 0 saturated carbocycles. The molecule has 0 unspecified atom stereocenters. The lowest BCUT2D eigenvalue weighted by atomic mass is 10.0. The quantitative estimate of drug-likeness (QED) is 0.332. The van der Waals surface area contributed by atoms with Gasteiger partial charge < -0.3 is 15.1 Å². The molecule has 0 saturated heterocycles. The molecule has 37 heavy (non-hydrogen) atoms. The molecule has 6 rings (SSSR count). The molecule has 0 atom stereocenters. The standard InChI is InChI=1S/C25H15FN8O3/c26-18-8-15(21-5-6-28-33(21)12-14-2-1-13(11-27)7-17(14)24(35)36)9-22-23(18)31-32-34(22)16-3-4-19-20(10-16)30-25(37)29-19/h1-10H,12H2,(H,35,36)(H2,29,30,37). The van der Waals surface area contributed by atoms with E-state index in [1.807, 2.05) is 6.07 Å². The van der Waals surface area contributed by atoms with Crippen LogP contribution >= 0.6 is 0 Å². The van der Waals surface area contributed by atoms with Gasteiger partial charge >= 0.3 is 11.7 Å². The molecule has 0 spiro atoms. The average molecular weight is 494 g/mol. The third-order valence-electron chi connectivity index (χ3n) is 6.05. The van der Waals surface area contributed by atoms with Crippen molar-refractivity contribution in [2.45, 2.75) is 6.54 Å². The Balaban J connectivity index is 1.44. The summed E-state index contributed by atoms with van der Waals surface area (Å²) in [4.78, 5) is 28.7. The maximum absolute atomic E-state index is 15.1. The van der Waals surface area contributed by atoms with Gasteiger partial charge in [-0.3, -0.25) is 4.68 Å². The van der Waals surface area contributed by atoms with E-state index in [4.69, 9.17) is 5.26 Å². The number of aromatic nitrogens is 7. The number of halogens is 1. The van der Waals surface area contributed by atoms with Crippen molar-refractivity contribution in [3.05, 3.63) is 93.8 Å². The van der Waals surface area contributed by atoms with E-state index in [9.17, 15) is 14.7 Å². The number of nitrogens with one attached hydrogen (secondary N) is 2. The van der Waals surface area contributed by atoms with Crippen LogP contribution in [0.4, 0.5) is 4.39 Å². The van der Waals surface area contributed by atoms with Crippen LogP contribution in [0.2, 0.25) is 0 Å². The Kier molecular flexibility index (Phi) is 4.91. The number of hydrogen-bond acceptors (Lipinski definition) is 6. The second-order valence-corrected chi connectivity index (χ2v) is 8.30. The van der Waals surface area contributed by atoms with Crippen molar-refractivity contribution in [1.82, 2.24) is 34.7 Å². The number of carbonyl (C=O) groups is 1. The molecule has 180 valence electrons. The van der Waals surface area contributed by atoms with E-state index in [0.29, 0.717) is 39.1 Å². The number of nitriles is 1. The lowest BCUT2D eigenvalue weighted by molar-refractivity contribution is 0.0695. The molecule has 11 nitrogen and oxygen atoms in total. The zero-order valence-electron chi connectivity index (χ0n) is 18.8. The van der Waals surface area contributed by atoms with Gasteiger partial charge in [0, 0.05) is 11.8 Å². The summed E-state index contributed by atoms with van der Waals surface area (Å²) in [5.41, 5.74) is 3.56. The Bertz CT molecular complexity index is 1960. The van der Waals surface area contributed by atoms with Gasteiger partial charge in [0.15, 0.2) is 5.82 Å². The number of benzene rings is 3. The van der Waals surface area contributed by atoms with Gasteiger partial charge in [0.25, 0.3) is 0 Å². The Morgan fingerprint density at radius 2 is 1.92 bits per heavy atom. The molecule has 0 amide bonds. The van der Waals surface area contributed by atoms with Crippen LogP contribution in [-0.4, -0.2) is 45.8 Å². The highest BCUT2D eigenvalue weighted by Crippen LogP contribution is 2.28. The van der Waals surface area contributed by atoms with Crippen LogP contribution in [0.3, 0.4) is 0 Å². The maximum Gasteiger partial charge on any atom is 0.336 e. The van der Waals surface area contributed by atoms with Crippen LogP contribution in [0.15, 0.2) is 65.6 Å². The fourth-order valence-electron chi connectivity index (χ4n) is 4.32. The fourth-order valence-corrected chi connectivity index (χ4v) is 4.32. The van der Waals surface area contributed by atoms with Crippen LogP contribution in [-0.2, 0) is 6.54 Å². The number of carboxylic acids is 1.